The number of aliphatic hydroxyl groups is 1. The molecule has 0 saturated carbocycles. The quantitative estimate of drug-likeness (QED) is 0.0645. The molecule has 0 unspecified atom stereocenters. The molecule has 1 fully saturated rings. The summed E-state index contributed by atoms with van der Waals surface area (Å²) >= 11 is 0. The van der Waals surface area contributed by atoms with E-state index < -0.39 is 17.6 Å². The summed E-state index contributed by atoms with van der Waals surface area (Å²) in [5.41, 5.74) is 5.15. The van der Waals surface area contributed by atoms with Crippen molar-refractivity contribution in [2.75, 3.05) is 46.3 Å². The minimum absolute atomic E-state index is 0.0439. The summed E-state index contributed by atoms with van der Waals surface area (Å²) in [6, 6.07) is 15.3. The molecule has 3 aromatic carbocycles. The molecule has 0 radical (unpaired) electrons. The molecule has 1 atom stereocenters. The maximum Gasteiger partial charge on any atom is 0.417 e. The van der Waals surface area contributed by atoms with Crippen molar-refractivity contribution in [2.24, 2.45) is 0 Å². The normalized spacial score (nSPS) is 14.7. The van der Waals surface area contributed by atoms with Crippen molar-refractivity contribution in [2.45, 2.75) is 58.5 Å². The first kappa shape index (κ1) is 40.9. The van der Waals surface area contributed by atoms with Gasteiger partial charge in [0.2, 0.25) is 0 Å². The number of aromatic nitrogens is 1. The zero-order valence-electron chi connectivity index (χ0n) is 31.7. The topological polar surface area (TPSA) is 122 Å². The molecular formula is C42H47F3N4O6. The number of alkyl halides is 3. The molecule has 0 bridgehead atoms. The zero-order valence-corrected chi connectivity index (χ0v) is 31.7. The number of esters is 1. The third kappa shape index (κ3) is 10.3. The second-order valence-corrected chi connectivity index (χ2v) is 13.4. The zero-order chi connectivity index (χ0) is 39.7. The van der Waals surface area contributed by atoms with E-state index in [4.69, 9.17) is 9.47 Å². The van der Waals surface area contributed by atoms with Gasteiger partial charge in [-0.25, -0.2) is 0 Å². The third-order valence-electron chi connectivity index (χ3n) is 9.76. The smallest absolute Gasteiger partial charge is 0.417 e. The highest BCUT2D eigenvalue weighted by Crippen LogP contribution is 2.38. The van der Waals surface area contributed by atoms with E-state index in [2.05, 4.69) is 25.3 Å². The molecule has 5 rings (SSSR count). The third-order valence-corrected chi connectivity index (χ3v) is 9.76. The molecule has 2 heterocycles. The summed E-state index contributed by atoms with van der Waals surface area (Å²) in [5.74, 6) is 0.0780. The fourth-order valence-electron chi connectivity index (χ4n) is 6.68. The van der Waals surface area contributed by atoms with Crippen molar-refractivity contribution >= 4 is 29.7 Å². The van der Waals surface area contributed by atoms with E-state index in [9.17, 15) is 27.9 Å². The number of rotatable bonds is 15. The van der Waals surface area contributed by atoms with Crippen molar-refractivity contribution in [3.8, 4) is 22.6 Å². The highest BCUT2D eigenvalue weighted by atomic mass is 19.4. The van der Waals surface area contributed by atoms with Crippen LogP contribution in [0, 0.1) is 13.8 Å². The average Bonchev–Trinajstić information content (AvgIpc) is 3.58. The summed E-state index contributed by atoms with van der Waals surface area (Å²) in [4.78, 5) is 31.3. The average molecular weight is 761 g/mol. The van der Waals surface area contributed by atoms with Crippen LogP contribution in [0.2, 0.25) is 0 Å². The minimum Gasteiger partial charge on any atom is -0.496 e. The molecule has 0 spiro atoms. The Kier molecular flexibility index (Phi) is 13.7. The van der Waals surface area contributed by atoms with Gasteiger partial charge >= 0.3 is 12.1 Å². The van der Waals surface area contributed by atoms with Crippen LogP contribution in [0.5, 0.6) is 11.5 Å². The van der Waals surface area contributed by atoms with E-state index in [-0.39, 0.29) is 36.3 Å². The second kappa shape index (κ2) is 18.4. The number of nitrogens with zero attached hydrogens (tertiary/aromatic N) is 2. The number of anilines is 1. The van der Waals surface area contributed by atoms with Gasteiger partial charge in [0.15, 0.2) is 0 Å². The number of likely N-dealkylation sites (tertiary alicyclic amines) is 1. The second-order valence-electron chi connectivity index (χ2n) is 13.4. The lowest BCUT2D eigenvalue weighted by atomic mass is 9.92. The predicted octanol–water partition coefficient (Wildman–Crippen LogP) is 7.43. The van der Waals surface area contributed by atoms with E-state index in [1.54, 1.807) is 31.5 Å². The Morgan fingerprint density at radius 1 is 0.945 bits per heavy atom. The Balaban J connectivity index is 1.35. The van der Waals surface area contributed by atoms with E-state index in [1.807, 2.05) is 44.2 Å². The number of ether oxygens (including phenoxy) is 3. The Labute approximate surface area is 319 Å². The number of carbonyl (C=O) groups excluding carboxylic acids is 2. The lowest BCUT2D eigenvalue weighted by molar-refractivity contribution is -0.140. The molecule has 10 nitrogen and oxygen atoms in total. The van der Waals surface area contributed by atoms with Gasteiger partial charge in [-0.05, 0) is 84.8 Å². The highest BCUT2D eigenvalue weighted by Gasteiger charge is 2.34. The molecule has 1 aliphatic rings. The predicted molar refractivity (Wildman–Crippen MR) is 206 cm³/mol. The fourth-order valence-corrected chi connectivity index (χ4v) is 6.68. The van der Waals surface area contributed by atoms with Crippen molar-refractivity contribution in [1.82, 2.24) is 15.2 Å². The number of hydrogen-bond acceptors (Lipinski definition) is 9. The summed E-state index contributed by atoms with van der Waals surface area (Å²) in [5, 5.41) is 15.9. The van der Waals surface area contributed by atoms with Crippen LogP contribution in [0.15, 0.2) is 60.8 Å². The Bertz CT molecular complexity index is 2030. The van der Waals surface area contributed by atoms with Crippen LogP contribution in [0.3, 0.4) is 0 Å². The van der Waals surface area contributed by atoms with Gasteiger partial charge in [0.25, 0.3) is 5.91 Å². The number of hydrogen-bond donors (Lipinski definition) is 3. The summed E-state index contributed by atoms with van der Waals surface area (Å²) in [6.45, 7) is 6.23. The SMILES string of the molecule is COC(=O)CCCNCc1cc(C(F)(F)F)c(/C=C/c2cccc(-c3cccc(NC(=O)c4cc(OC)c(CN5CC[C@@H](O)C5)cn4)c3C)c2C)cc1OC. The van der Waals surface area contributed by atoms with Gasteiger partial charge in [-0.1, -0.05) is 42.5 Å². The van der Waals surface area contributed by atoms with Crippen LogP contribution >= 0.6 is 0 Å². The first-order valence-electron chi connectivity index (χ1n) is 18.0. The van der Waals surface area contributed by atoms with Gasteiger partial charge in [-0.2, -0.15) is 13.2 Å². The number of methoxy groups -OCH3 is 3. The molecule has 1 amide bonds. The van der Waals surface area contributed by atoms with Gasteiger partial charge < -0.3 is 30.0 Å². The molecule has 13 heteroatoms. The van der Waals surface area contributed by atoms with Crippen LogP contribution < -0.4 is 20.1 Å². The van der Waals surface area contributed by atoms with Gasteiger partial charge in [0, 0.05) is 61.7 Å². The van der Waals surface area contributed by atoms with E-state index in [0.717, 1.165) is 46.0 Å². The van der Waals surface area contributed by atoms with Crippen LogP contribution in [0.1, 0.15) is 68.7 Å². The number of β-amino-alcohol motifs (C(OH)–C–C–N with tert-alkyl or cyclic N) is 1. The van der Waals surface area contributed by atoms with Crippen LogP contribution in [0.25, 0.3) is 23.3 Å². The van der Waals surface area contributed by atoms with E-state index >= 15 is 0 Å². The Morgan fingerprint density at radius 3 is 2.31 bits per heavy atom. The number of aliphatic hydroxyl groups excluding tert-OH is 1. The lowest BCUT2D eigenvalue weighted by Crippen LogP contribution is -2.22. The van der Waals surface area contributed by atoms with E-state index in [0.29, 0.717) is 55.2 Å². The van der Waals surface area contributed by atoms with Crippen molar-refractivity contribution in [1.29, 1.82) is 0 Å². The first-order chi connectivity index (χ1) is 26.3. The molecule has 3 N–H and O–H groups in total. The fraction of sp³-hybridized carbons (Fsp3) is 0.357. The minimum atomic E-state index is -4.62. The summed E-state index contributed by atoms with van der Waals surface area (Å²) in [7, 11) is 4.26. The first-order valence-corrected chi connectivity index (χ1v) is 18.0. The number of pyridine rings is 1. The largest absolute Gasteiger partial charge is 0.496 e. The van der Waals surface area contributed by atoms with Gasteiger partial charge in [-0.15, -0.1) is 0 Å². The van der Waals surface area contributed by atoms with Gasteiger partial charge in [0.1, 0.15) is 17.2 Å². The molecular weight excluding hydrogens is 713 g/mol. The lowest BCUT2D eigenvalue weighted by Gasteiger charge is -2.18. The molecule has 4 aromatic rings. The van der Waals surface area contributed by atoms with E-state index in [1.165, 1.54) is 26.4 Å². The monoisotopic (exact) mass is 760 g/mol. The number of benzene rings is 3. The summed E-state index contributed by atoms with van der Waals surface area (Å²) in [6.07, 6.45) is 1.15. The van der Waals surface area contributed by atoms with Gasteiger partial charge in [0.05, 0.1) is 33.0 Å². The number of nitrogens with one attached hydrogen (secondary N) is 2. The van der Waals surface area contributed by atoms with Crippen LogP contribution in [-0.4, -0.2) is 73.9 Å². The van der Waals surface area contributed by atoms with Gasteiger partial charge in [-0.3, -0.25) is 19.5 Å². The molecule has 1 aromatic heterocycles. The maximum absolute atomic E-state index is 14.4. The van der Waals surface area contributed by atoms with Crippen molar-refractivity contribution in [3.63, 3.8) is 0 Å². The van der Waals surface area contributed by atoms with Crippen LogP contribution in [-0.2, 0) is 28.8 Å². The number of halogens is 3. The molecule has 1 aliphatic heterocycles. The maximum atomic E-state index is 14.4. The van der Waals surface area contributed by atoms with Crippen molar-refractivity contribution < 1.29 is 42.1 Å². The molecule has 0 aliphatic carbocycles. The molecule has 1 saturated heterocycles. The Morgan fingerprint density at radius 2 is 1.64 bits per heavy atom. The van der Waals surface area contributed by atoms with Crippen LogP contribution in [0.4, 0.5) is 18.9 Å². The number of amides is 1. The summed E-state index contributed by atoms with van der Waals surface area (Å²) < 4.78 is 58.7. The molecule has 292 valence electrons. The van der Waals surface area contributed by atoms with Crippen molar-refractivity contribution in [3.05, 3.63) is 105 Å². The highest BCUT2D eigenvalue weighted by molar-refractivity contribution is 6.04. The standard InChI is InChI=1S/C42H47F3N4O6/c1-26-28(14-15-29-20-38(53-3)30(19-35(29)42(43,44)45)22-46-17-8-13-40(51)55-5)9-6-10-33(26)34-11-7-12-36(27(34)2)48-41(52)37-21-39(54-4)31(23-47-37)24-49-18-16-32(50)25-49/h6-7,9-12,14-15,19-21,23,32,46,50H,8,13,16-18,22,24-25H2,1-5H3,(H,48,52)/b15-14+/t32-/m1/s1. The number of carbonyl (C=O) groups is 2. The Hall–Kier alpha value is -5.24. The molecule has 55 heavy (non-hydrogen) atoms.